The summed E-state index contributed by atoms with van der Waals surface area (Å²) in [6.07, 6.45) is 3.60. The predicted octanol–water partition coefficient (Wildman–Crippen LogP) is 4.17. The average Bonchev–Trinajstić information content (AvgIpc) is 3.25. The maximum Gasteiger partial charge on any atom is 0.116 e. The van der Waals surface area contributed by atoms with Crippen LogP contribution >= 0.6 is 0 Å². The molecule has 0 amide bonds. The van der Waals surface area contributed by atoms with Crippen LogP contribution < -0.4 is 0 Å². The highest BCUT2D eigenvalue weighted by atomic mass is 15.1. The van der Waals surface area contributed by atoms with Gasteiger partial charge in [-0.05, 0) is 42.5 Å². The minimum atomic E-state index is 0.890. The summed E-state index contributed by atoms with van der Waals surface area (Å²) >= 11 is 0. The predicted molar refractivity (Wildman–Crippen MR) is 94.4 cm³/mol. The zero-order valence-corrected chi connectivity index (χ0v) is 12.7. The Labute approximate surface area is 137 Å². The quantitative estimate of drug-likeness (QED) is 0.514. The lowest BCUT2D eigenvalue weighted by Gasteiger charge is -2.01. The molecule has 0 aliphatic carbocycles. The first-order chi connectivity index (χ1) is 11.9. The molecule has 4 aromatic heterocycles. The third-order valence-electron chi connectivity index (χ3n) is 4.17. The summed E-state index contributed by atoms with van der Waals surface area (Å²) in [5.74, 6) is 0. The lowest BCUT2D eigenvalue weighted by atomic mass is 10.1. The fraction of sp³-hybridized carbons (Fsp3) is 0. The smallest absolute Gasteiger partial charge is 0.116 e. The molecular weight excluding hydrogens is 298 g/mol. The Hall–Kier alpha value is -3.47. The Bertz CT molecular complexity index is 1120. The van der Waals surface area contributed by atoms with E-state index in [9.17, 15) is 0 Å². The zero-order valence-electron chi connectivity index (χ0n) is 12.7. The van der Waals surface area contributed by atoms with Gasteiger partial charge in [0.2, 0.25) is 0 Å². The fourth-order valence-corrected chi connectivity index (χ4v) is 3.00. The van der Waals surface area contributed by atoms with Gasteiger partial charge in [-0.3, -0.25) is 15.1 Å². The summed E-state index contributed by atoms with van der Waals surface area (Å²) in [4.78, 5) is 12.2. The molecule has 0 unspecified atom stereocenters. The van der Waals surface area contributed by atoms with Crippen molar-refractivity contribution in [1.29, 1.82) is 0 Å². The average molecular weight is 311 g/mol. The molecule has 2 N–H and O–H groups in total. The second-order valence-corrected chi connectivity index (χ2v) is 5.67. The van der Waals surface area contributed by atoms with Crippen LogP contribution in [-0.2, 0) is 0 Å². The summed E-state index contributed by atoms with van der Waals surface area (Å²) in [6.45, 7) is 0. The SMILES string of the molecule is c1ccc(-c2ccc3[nH]nc(-c4cc5ncccc5[nH]4)c3c2)nc1. The van der Waals surface area contributed by atoms with Crippen molar-refractivity contribution in [2.45, 2.75) is 0 Å². The first-order valence-corrected chi connectivity index (χ1v) is 7.72. The van der Waals surface area contributed by atoms with Gasteiger partial charge in [-0.25, -0.2) is 0 Å². The zero-order chi connectivity index (χ0) is 15.9. The minimum absolute atomic E-state index is 0.890. The molecule has 0 spiro atoms. The second-order valence-electron chi connectivity index (χ2n) is 5.67. The van der Waals surface area contributed by atoms with E-state index in [1.165, 1.54) is 0 Å². The molecule has 5 nitrogen and oxygen atoms in total. The Balaban J connectivity index is 1.71. The molecule has 0 aliphatic heterocycles. The number of aromatic nitrogens is 5. The Kier molecular flexibility index (Phi) is 2.72. The number of fused-ring (bicyclic) bond motifs is 2. The van der Waals surface area contributed by atoms with Crippen molar-refractivity contribution < 1.29 is 0 Å². The van der Waals surface area contributed by atoms with Gasteiger partial charge >= 0.3 is 0 Å². The summed E-state index contributed by atoms with van der Waals surface area (Å²) < 4.78 is 0. The third-order valence-corrected chi connectivity index (χ3v) is 4.17. The molecule has 1 aromatic carbocycles. The van der Waals surface area contributed by atoms with Gasteiger partial charge in [0.25, 0.3) is 0 Å². The monoisotopic (exact) mass is 311 g/mol. The Morgan fingerprint density at radius 3 is 2.62 bits per heavy atom. The van der Waals surface area contributed by atoms with Crippen LogP contribution in [0.1, 0.15) is 0 Å². The van der Waals surface area contributed by atoms with Crippen LogP contribution in [0.3, 0.4) is 0 Å². The maximum absolute atomic E-state index is 4.49. The molecule has 0 radical (unpaired) electrons. The normalized spacial score (nSPS) is 11.3. The number of rotatable bonds is 2. The third kappa shape index (κ3) is 1.99. The van der Waals surface area contributed by atoms with Gasteiger partial charge < -0.3 is 4.98 Å². The molecule has 114 valence electrons. The number of hydrogen-bond acceptors (Lipinski definition) is 3. The van der Waals surface area contributed by atoms with Crippen molar-refractivity contribution >= 4 is 21.9 Å². The molecule has 0 fully saturated rings. The van der Waals surface area contributed by atoms with Crippen LogP contribution in [-0.4, -0.2) is 25.1 Å². The van der Waals surface area contributed by atoms with E-state index in [1.54, 1.807) is 12.4 Å². The van der Waals surface area contributed by atoms with Crippen molar-refractivity contribution in [1.82, 2.24) is 25.1 Å². The van der Waals surface area contributed by atoms with E-state index < -0.39 is 0 Å². The van der Waals surface area contributed by atoms with Crippen molar-refractivity contribution in [2.24, 2.45) is 0 Å². The fourth-order valence-electron chi connectivity index (χ4n) is 3.00. The molecule has 5 heteroatoms. The first kappa shape index (κ1) is 13.0. The summed E-state index contributed by atoms with van der Waals surface area (Å²) in [7, 11) is 0. The summed E-state index contributed by atoms with van der Waals surface area (Å²) in [5, 5.41) is 8.65. The molecule has 0 atom stereocenters. The highest BCUT2D eigenvalue weighted by Gasteiger charge is 2.12. The molecule has 5 aromatic rings. The first-order valence-electron chi connectivity index (χ1n) is 7.72. The number of aromatic amines is 2. The highest BCUT2D eigenvalue weighted by Crippen LogP contribution is 2.30. The number of nitrogens with one attached hydrogen (secondary N) is 2. The standard InChI is InChI=1S/C19H13N5/c1-2-8-20-14(4-1)12-6-7-15-13(10-12)19(24-23-15)18-11-17-16(22-18)5-3-9-21-17/h1-11,22H,(H,23,24). The van der Waals surface area contributed by atoms with Gasteiger partial charge in [0, 0.05) is 23.3 Å². The van der Waals surface area contributed by atoms with Crippen LogP contribution in [0.4, 0.5) is 0 Å². The largest absolute Gasteiger partial charge is 0.352 e. The Morgan fingerprint density at radius 2 is 1.75 bits per heavy atom. The molecule has 5 rings (SSSR count). The van der Waals surface area contributed by atoms with Crippen LogP contribution in [0.25, 0.3) is 44.6 Å². The van der Waals surface area contributed by atoms with Crippen LogP contribution in [0, 0.1) is 0 Å². The van der Waals surface area contributed by atoms with Gasteiger partial charge in [0.15, 0.2) is 0 Å². The molecule has 24 heavy (non-hydrogen) atoms. The van der Waals surface area contributed by atoms with Crippen molar-refractivity contribution in [3.05, 3.63) is 67.0 Å². The van der Waals surface area contributed by atoms with E-state index in [4.69, 9.17) is 0 Å². The molecule has 0 saturated carbocycles. The highest BCUT2D eigenvalue weighted by molar-refractivity contribution is 5.96. The lowest BCUT2D eigenvalue weighted by Crippen LogP contribution is -1.82. The van der Waals surface area contributed by atoms with Gasteiger partial charge in [0.1, 0.15) is 5.69 Å². The number of hydrogen-bond donors (Lipinski definition) is 2. The van der Waals surface area contributed by atoms with E-state index in [1.807, 2.05) is 42.5 Å². The summed E-state index contributed by atoms with van der Waals surface area (Å²) in [5.41, 5.74) is 6.80. The van der Waals surface area contributed by atoms with Gasteiger partial charge in [0.05, 0.1) is 27.9 Å². The topological polar surface area (TPSA) is 70.2 Å². The number of H-pyrrole nitrogens is 2. The second kappa shape index (κ2) is 5.03. The number of nitrogens with zero attached hydrogens (tertiary/aromatic N) is 3. The van der Waals surface area contributed by atoms with Crippen LogP contribution in [0.5, 0.6) is 0 Å². The minimum Gasteiger partial charge on any atom is -0.352 e. The number of benzene rings is 1. The summed E-state index contributed by atoms with van der Waals surface area (Å²) in [6, 6.07) is 18.1. The van der Waals surface area contributed by atoms with Crippen molar-refractivity contribution in [3.63, 3.8) is 0 Å². The molecule has 4 heterocycles. The molecular formula is C19H13N5. The van der Waals surface area contributed by atoms with E-state index in [2.05, 4.69) is 37.3 Å². The van der Waals surface area contributed by atoms with E-state index in [0.717, 1.165) is 44.6 Å². The van der Waals surface area contributed by atoms with Crippen LogP contribution in [0.2, 0.25) is 0 Å². The maximum atomic E-state index is 4.49. The Morgan fingerprint density at radius 1 is 0.792 bits per heavy atom. The van der Waals surface area contributed by atoms with E-state index in [0.29, 0.717) is 0 Å². The van der Waals surface area contributed by atoms with Gasteiger partial charge in [-0.15, -0.1) is 0 Å². The van der Waals surface area contributed by atoms with Crippen molar-refractivity contribution in [3.8, 4) is 22.6 Å². The van der Waals surface area contributed by atoms with Gasteiger partial charge in [-0.2, -0.15) is 5.10 Å². The molecule has 0 saturated heterocycles. The van der Waals surface area contributed by atoms with Gasteiger partial charge in [-0.1, -0.05) is 12.1 Å². The van der Waals surface area contributed by atoms with Crippen molar-refractivity contribution in [2.75, 3.05) is 0 Å². The molecule has 0 bridgehead atoms. The van der Waals surface area contributed by atoms with E-state index >= 15 is 0 Å². The lowest BCUT2D eigenvalue weighted by molar-refractivity contribution is 1.12. The van der Waals surface area contributed by atoms with E-state index in [-0.39, 0.29) is 0 Å². The van der Waals surface area contributed by atoms with Crippen LogP contribution in [0.15, 0.2) is 67.0 Å². The number of pyridine rings is 2. The molecule has 0 aliphatic rings.